The molecule has 0 spiro atoms. The summed E-state index contributed by atoms with van der Waals surface area (Å²) in [6.45, 7) is 0. The van der Waals surface area contributed by atoms with Gasteiger partial charge in [-0.05, 0) is 203 Å². The van der Waals surface area contributed by atoms with Gasteiger partial charge in [-0.15, -0.1) is 0 Å². The topological polar surface area (TPSA) is 26.3 Å². The van der Waals surface area contributed by atoms with Crippen LogP contribution in [0.5, 0.6) is 0 Å². The van der Waals surface area contributed by atoms with Crippen LogP contribution in [0.1, 0.15) is 0 Å². The second kappa shape index (κ2) is 19.1. The van der Waals surface area contributed by atoms with Crippen LogP contribution in [0.25, 0.3) is 186 Å². The molecule has 18 aromatic rings. The largest absolute Gasteiger partial charge is 0.456 e. The van der Waals surface area contributed by atoms with Crippen LogP contribution >= 0.6 is 0 Å². The Morgan fingerprint density at radius 1 is 0.151 bits per heavy atom. The summed E-state index contributed by atoms with van der Waals surface area (Å²) in [5.41, 5.74) is 20.3. The number of fused-ring (bicyclic) bond motifs is 12. The number of furan rings is 2. The molecule has 0 aliphatic heterocycles. The van der Waals surface area contributed by atoms with Gasteiger partial charge in [0.2, 0.25) is 0 Å². The first-order valence-electron chi connectivity index (χ1n) is 29.6. The van der Waals surface area contributed by atoms with Crippen LogP contribution in [0.4, 0.5) is 0 Å². The Kier molecular flexibility index (Phi) is 10.7. The summed E-state index contributed by atoms with van der Waals surface area (Å²) >= 11 is 0. The molecule has 2 heteroatoms. The van der Waals surface area contributed by atoms with Gasteiger partial charge in [0.1, 0.15) is 22.3 Å². The SMILES string of the molecule is c1ccc(-c2ccc(-c3c4ccccc4c(-c4ccc5oc6cc7c(-c8cccc(-c9cccc(-c%10c%11ccccc%11c(-c%11ccc%12oc%13cc%14ccccc%14cc%13c%12c%11)c%11ccccc%10%11)c9)c8)cccc7cc6c5c4)c4ccccc34)cc2)cc1. The average Bonchev–Trinajstić information content (AvgIpc) is 1.32. The molecule has 16 aromatic carbocycles. The molecule has 0 aliphatic rings. The van der Waals surface area contributed by atoms with Gasteiger partial charge in [-0.1, -0.05) is 243 Å². The maximum atomic E-state index is 6.82. The van der Waals surface area contributed by atoms with Gasteiger partial charge in [0.25, 0.3) is 0 Å². The molecule has 2 nitrogen and oxygen atoms in total. The zero-order valence-electron chi connectivity index (χ0n) is 46.7. The van der Waals surface area contributed by atoms with Crippen LogP contribution in [-0.4, -0.2) is 0 Å². The fourth-order valence-corrected chi connectivity index (χ4v) is 14.3. The highest BCUT2D eigenvalue weighted by molar-refractivity contribution is 6.24. The zero-order chi connectivity index (χ0) is 56.4. The van der Waals surface area contributed by atoms with Crippen LogP contribution in [-0.2, 0) is 0 Å². The van der Waals surface area contributed by atoms with E-state index in [4.69, 9.17) is 8.83 Å². The molecular weight excluding hydrogens is 1040 g/mol. The molecule has 0 atom stereocenters. The maximum absolute atomic E-state index is 6.82. The maximum Gasteiger partial charge on any atom is 0.136 e. The molecule has 0 amide bonds. The van der Waals surface area contributed by atoms with E-state index in [0.717, 1.165) is 66.0 Å². The van der Waals surface area contributed by atoms with Crippen molar-refractivity contribution < 1.29 is 8.83 Å². The van der Waals surface area contributed by atoms with Gasteiger partial charge in [-0.2, -0.15) is 0 Å². The van der Waals surface area contributed by atoms with Crippen LogP contribution < -0.4 is 0 Å². The predicted octanol–water partition coefficient (Wildman–Crippen LogP) is 24.1. The summed E-state index contributed by atoms with van der Waals surface area (Å²) in [6, 6.07) is 111. The molecule has 0 bridgehead atoms. The summed E-state index contributed by atoms with van der Waals surface area (Å²) in [7, 11) is 0. The van der Waals surface area contributed by atoms with Crippen LogP contribution in [0.3, 0.4) is 0 Å². The van der Waals surface area contributed by atoms with Gasteiger partial charge >= 0.3 is 0 Å². The fraction of sp³-hybridized carbons (Fsp3) is 0. The summed E-state index contributed by atoms with van der Waals surface area (Å²) < 4.78 is 13.3. The van der Waals surface area contributed by atoms with Crippen molar-refractivity contribution in [2.45, 2.75) is 0 Å². The fourth-order valence-electron chi connectivity index (χ4n) is 14.3. The summed E-state index contributed by atoms with van der Waals surface area (Å²) in [6.07, 6.45) is 0. The van der Waals surface area contributed by atoms with E-state index in [1.54, 1.807) is 0 Å². The van der Waals surface area contributed by atoms with E-state index >= 15 is 0 Å². The minimum atomic E-state index is 0.875. The zero-order valence-corrected chi connectivity index (χ0v) is 46.7. The third-order valence-electron chi connectivity index (χ3n) is 18.2. The van der Waals surface area contributed by atoms with E-state index in [9.17, 15) is 0 Å². The third kappa shape index (κ3) is 7.60. The van der Waals surface area contributed by atoms with E-state index in [1.807, 2.05) is 0 Å². The van der Waals surface area contributed by atoms with Crippen molar-refractivity contribution in [1.82, 2.24) is 0 Å². The normalized spacial score (nSPS) is 12.0. The lowest BCUT2D eigenvalue weighted by molar-refractivity contribution is 0.669. The third-order valence-corrected chi connectivity index (χ3v) is 18.2. The summed E-state index contributed by atoms with van der Waals surface area (Å²) in [4.78, 5) is 0. The summed E-state index contributed by atoms with van der Waals surface area (Å²) in [5.74, 6) is 0. The van der Waals surface area contributed by atoms with Crippen molar-refractivity contribution >= 4 is 109 Å². The van der Waals surface area contributed by atoms with Gasteiger partial charge < -0.3 is 8.83 Å². The summed E-state index contributed by atoms with van der Waals surface area (Å²) in [5, 5.41) is 19.0. The molecule has 0 N–H and O–H groups in total. The van der Waals surface area contributed by atoms with Gasteiger partial charge in [0.05, 0.1) is 0 Å². The number of rotatable bonds is 7. The highest BCUT2D eigenvalue weighted by Crippen LogP contribution is 2.48. The van der Waals surface area contributed by atoms with E-state index in [-0.39, 0.29) is 0 Å². The molecule has 0 saturated heterocycles. The lowest BCUT2D eigenvalue weighted by Gasteiger charge is -2.18. The molecule has 0 radical (unpaired) electrons. The molecule has 0 fully saturated rings. The van der Waals surface area contributed by atoms with E-state index in [0.29, 0.717) is 0 Å². The first kappa shape index (κ1) is 48.2. The molecule has 18 rings (SSSR count). The predicted molar refractivity (Wildman–Crippen MR) is 364 cm³/mol. The highest BCUT2D eigenvalue weighted by atomic mass is 16.3. The van der Waals surface area contributed by atoms with Crippen molar-refractivity contribution in [3.05, 3.63) is 303 Å². The van der Waals surface area contributed by atoms with Crippen LogP contribution in [0.2, 0.25) is 0 Å². The van der Waals surface area contributed by atoms with Gasteiger partial charge in [-0.25, -0.2) is 0 Å². The molecule has 0 aliphatic carbocycles. The Balaban J connectivity index is 0.715. The second-order valence-electron chi connectivity index (χ2n) is 23.0. The monoisotopic (exact) mass is 1090 g/mol. The van der Waals surface area contributed by atoms with Crippen molar-refractivity contribution in [2.75, 3.05) is 0 Å². The first-order valence-corrected chi connectivity index (χ1v) is 29.6. The van der Waals surface area contributed by atoms with Gasteiger partial charge in [0.15, 0.2) is 0 Å². The van der Waals surface area contributed by atoms with Crippen LogP contribution in [0, 0.1) is 0 Å². The molecule has 398 valence electrons. The van der Waals surface area contributed by atoms with E-state index in [1.165, 1.54) is 120 Å². The Labute approximate surface area is 495 Å². The molecule has 2 heterocycles. The quantitative estimate of drug-likeness (QED) is 0.149. The molecule has 86 heavy (non-hydrogen) atoms. The Hall–Kier alpha value is -11.3. The Bertz CT molecular complexity index is 5710. The van der Waals surface area contributed by atoms with Crippen molar-refractivity contribution in [3.8, 4) is 77.9 Å². The van der Waals surface area contributed by atoms with Crippen LogP contribution in [0.15, 0.2) is 312 Å². The lowest BCUT2D eigenvalue weighted by Crippen LogP contribution is -1.91. The minimum Gasteiger partial charge on any atom is -0.456 e. The van der Waals surface area contributed by atoms with Crippen molar-refractivity contribution in [3.63, 3.8) is 0 Å². The first-order chi connectivity index (χ1) is 42.6. The second-order valence-corrected chi connectivity index (χ2v) is 23.0. The standard InChI is InChI=1S/C84H50O2/c1-2-17-51(18-3-1)52-35-37-53(38-36-52)81-64-26-6-8-28-66(64)83(67-29-9-7-27-65(67)81)62-40-42-78-74(48-62)76-46-59-24-16-34-63(72(59)50-80(76)86-78)58-23-14-21-54(43-58)55-22-15-25-60(44-55)82-68-30-10-12-32-70(68)84(71-33-13-11-31-69(71)82)61-39-41-77-73(47-61)75-45-56-19-4-5-20-57(56)49-79(75)85-77/h1-50H. The Morgan fingerprint density at radius 3 is 1.02 bits per heavy atom. The van der Waals surface area contributed by atoms with Gasteiger partial charge in [-0.3, -0.25) is 0 Å². The number of hydrogen-bond acceptors (Lipinski definition) is 2. The van der Waals surface area contributed by atoms with Crippen molar-refractivity contribution in [1.29, 1.82) is 0 Å². The lowest BCUT2D eigenvalue weighted by atomic mass is 9.85. The molecule has 2 aromatic heterocycles. The number of benzene rings is 16. The van der Waals surface area contributed by atoms with Crippen molar-refractivity contribution in [2.24, 2.45) is 0 Å². The minimum absolute atomic E-state index is 0.875. The smallest absolute Gasteiger partial charge is 0.136 e. The molecule has 0 unspecified atom stereocenters. The average molecular weight is 1090 g/mol. The number of hydrogen-bond donors (Lipinski definition) is 0. The molecular formula is C84H50O2. The van der Waals surface area contributed by atoms with Gasteiger partial charge in [0, 0.05) is 21.5 Å². The molecule has 0 saturated carbocycles. The van der Waals surface area contributed by atoms with E-state index in [2.05, 4.69) is 303 Å². The van der Waals surface area contributed by atoms with E-state index < -0.39 is 0 Å². The highest BCUT2D eigenvalue weighted by Gasteiger charge is 2.22. The Morgan fingerprint density at radius 2 is 0.488 bits per heavy atom.